The summed E-state index contributed by atoms with van der Waals surface area (Å²) in [6.07, 6.45) is 59.7. The number of likely N-dealkylation sites (N-methyl/N-ethyl adjacent to an activating group) is 1. The number of aliphatic hydroxyl groups is 1. The maximum absolute atomic E-state index is 12.9. The Morgan fingerprint density at radius 2 is 0.952 bits per heavy atom. The molecule has 3 atom stereocenters. The molecule has 0 aromatic carbocycles. The maximum Gasteiger partial charge on any atom is 0.268 e. The molecule has 0 aliphatic heterocycles. The number of nitrogens with zero attached hydrogens (tertiary/aromatic N) is 1. The highest BCUT2D eigenvalue weighted by Gasteiger charge is 2.23. The molecule has 0 aliphatic carbocycles. The van der Waals surface area contributed by atoms with E-state index in [1.165, 1.54) is 122 Å². The van der Waals surface area contributed by atoms with Gasteiger partial charge in [-0.25, -0.2) is 0 Å². The number of phosphoric ester groups is 1. The molecule has 2 N–H and O–H groups in total. The van der Waals surface area contributed by atoms with Gasteiger partial charge in [0.1, 0.15) is 13.2 Å². The zero-order valence-corrected chi connectivity index (χ0v) is 41.7. The first-order chi connectivity index (χ1) is 30.0. The lowest BCUT2D eigenvalue weighted by Gasteiger charge is -2.29. The predicted octanol–water partition coefficient (Wildman–Crippen LogP) is 14.1. The molecule has 0 bridgehead atoms. The van der Waals surface area contributed by atoms with E-state index >= 15 is 0 Å². The number of aliphatic hydroxyl groups excluding tert-OH is 1. The van der Waals surface area contributed by atoms with Crippen molar-refractivity contribution in [3.05, 3.63) is 72.9 Å². The van der Waals surface area contributed by atoms with Gasteiger partial charge >= 0.3 is 0 Å². The molecule has 0 aliphatic rings. The van der Waals surface area contributed by atoms with Crippen molar-refractivity contribution >= 4 is 13.7 Å². The Kier molecular flexibility index (Phi) is 42.7. The van der Waals surface area contributed by atoms with E-state index in [9.17, 15) is 19.4 Å². The molecule has 0 aromatic rings. The van der Waals surface area contributed by atoms with Gasteiger partial charge in [-0.2, -0.15) is 0 Å². The summed E-state index contributed by atoms with van der Waals surface area (Å²) in [5.41, 5.74) is 0. The van der Waals surface area contributed by atoms with Crippen LogP contribution in [0.25, 0.3) is 0 Å². The van der Waals surface area contributed by atoms with Crippen molar-refractivity contribution in [1.82, 2.24) is 5.32 Å². The van der Waals surface area contributed by atoms with Crippen LogP contribution >= 0.6 is 7.82 Å². The van der Waals surface area contributed by atoms with Gasteiger partial charge in [0, 0.05) is 6.42 Å². The first-order valence-corrected chi connectivity index (χ1v) is 26.8. The molecule has 62 heavy (non-hydrogen) atoms. The Bertz CT molecular complexity index is 1240. The number of nitrogens with one attached hydrogen (secondary N) is 1. The largest absolute Gasteiger partial charge is 0.756 e. The van der Waals surface area contributed by atoms with Crippen LogP contribution in [0.4, 0.5) is 0 Å². The average Bonchev–Trinajstić information content (AvgIpc) is 3.23. The minimum atomic E-state index is -4.60. The van der Waals surface area contributed by atoms with E-state index in [2.05, 4.69) is 79.9 Å². The minimum absolute atomic E-state index is 0.0122. The summed E-state index contributed by atoms with van der Waals surface area (Å²) in [5, 5.41) is 13.8. The van der Waals surface area contributed by atoms with Crippen LogP contribution in [-0.4, -0.2) is 68.5 Å². The molecule has 0 fully saturated rings. The van der Waals surface area contributed by atoms with Crippen LogP contribution in [0.2, 0.25) is 0 Å². The van der Waals surface area contributed by atoms with E-state index in [0.29, 0.717) is 17.4 Å². The highest BCUT2D eigenvalue weighted by atomic mass is 31.2. The van der Waals surface area contributed by atoms with Crippen LogP contribution in [0.5, 0.6) is 0 Å². The van der Waals surface area contributed by atoms with Gasteiger partial charge in [0.2, 0.25) is 5.91 Å². The number of quaternary nitrogens is 1. The standard InChI is InChI=1S/C53H97N2O6P/c1-6-8-10-12-14-16-18-20-21-22-23-24-25-26-27-28-29-30-31-32-33-35-37-39-41-43-45-47-53(57)54-51(50-61-62(58,59)60-49-48-55(3,4)5)52(56)46-44-42-40-38-36-34-19-17-15-13-11-9-7-2/h15,17-18,20,22-23,25-26,36,38,44,46,51-52,56H,6-14,16,19,21,24,27-35,37,39-43,45,47-50H2,1-5H3,(H-,54,57,58,59)/b17-15+,20-18-,23-22-,26-25-,38-36+,46-44+. The maximum atomic E-state index is 12.9. The molecule has 0 spiro atoms. The van der Waals surface area contributed by atoms with Crippen molar-refractivity contribution < 1.29 is 32.9 Å². The van der Waals surface area contributed by atoms with Crippen LogP contribution in [0.15, 0.2) is 72.9 Å². The molecular weight excluding hydrogens is 792 g/mol. The van der Waals surface area contributed by atoms with E-state index in [1.54, 1.807) is 6.08 Å². The van der Waals surface area contributed by atoms with Gasteiger partial charge in [-0.3, -0.25) is 9.36 Å². The summed E-state index contributed by atoms with van der Waals surface area (Å²) < 4.78 is 23.2. The summed E-state index contributed by atoms with van der Waals surface area (Å²) in [7, 11) is 1.22. The minimum Gasteiger partial charge on any atom is -0.756 e. The monoisotopic (exact) mass is 889 g/mol. The van der Waals surface area contributed by atoms with Gasteiger partial charge in [-0.05, 0) is 83.5 Å². The van der Waals surface area contributed by atoms with E-state index in [0.717, 1.165) is 64.2 Å². The van der Waals surface area contributed by atoms with Gasteiger partial charge in [0.25, 0.3) is 7.82 Å². The van der Waals surface area contributed by atoms with E-state index in [4.69, 9.17) is 9.05 Å². The Balaban J connectivity index is 4.25. The number of carbonyl (C=O) groups excluding carboxylic acids is 1. The normalized spacial score (nSPS) is 14.8. The number of rotatable bonds is 45. The Morgan fingerprint density at radius 3 is 1.45 bits per heavy atom. The third-order valence-corrected chi connectivity index (χ3v) is 11.8. The van der Waals surface area contributed by atoms with Crippen LogP contribution < -0.4 is 10.2 Å². The zero-order valence-electron chi connectivity index (χ0n) is 40.8. The van der Waals surface area contributed by atoms with Crippen LogP contribution in [-0.2, 0) is 18.4 Å². The molecule has 0 heterocycles. The van der Waals surface area contributed by atoms with E-state index < -0.39 is 26.6 Å². The SMILES string of the molecule is CCCCC/C=C/CC/C=C/CC/C=C/C(O)C(COP(=O)([O-])OCC[N+](C)(C)C)NC(=O)CCCCCCCCCCCCCC/C=C\C/C=C\C/C=C\CCCCCCC. The molecule has 8 nitrogen and oxygen atoms in total. The molecule has 0 saturated carbocycles. The molecule has 3 unspecified atom stereocenters. The van der Waals surface area contributed by atoms with Crippen molar-refractivity contribution in [2.45, 2.75) is 219 Å². The number of hydrogen-bond acceptors (Lipinski definition) is 6. The van der Waals surface area contributed by atoms with Crippen molar-refractivity contribution in [3.8, 4) is 0 Å². The fraction of sp³-hybridized carbons (Fsp3) is 0.755. The topological polar surface area (TPSA) is 108 Å². The summed E-state index contributed by atoms with van der Waals surface area (Å²) in [6.45, 7) is 4.56. The molecule has 0 radical (unpaired) electrons. The lowest BCUT2D eigenvalue weighted by atomic mass is 10.0. The summed E-state index contributed by atoms with van der Waals surface area (Å²) in [5.74, 6) is -0.217. The van der Waals surface area contributed by atoms with Gasteiger partial charge in [0.15, 0.2) is 0 Å². The number of amides is 1. The van der Waals surface area contributed by atoms with E-state index in [1.807, 2.05) is 27.2 Å². The molecule has 0 rings (SSSR count). The molecule has 0 aromatic heterocycles. The molecule has 9 heteroatoms. The van der Waals surface area contributed by atoms with Crippen molar-refractivity contribution in [2.24, 2.45) is 0 Å². The molecular formula is C53H97N2O6P. The Hall–Kier alpha value is -2.06. The smallest absolute Gasteiger partial charge is 0.268 e. The summed E-state index contributed by atoms with van der Waals surface area (Å²) in [6, 6.07) is -0.913. The van der Waals surface area contributed by atoms with Crippen LogP contribution in [0.3, 0.4) is 0 Å². The summed E-state index contributed by atoms with van der Waals surface area (Å²) in [4.78, 5) is 25.4. The molecule has 0 saturated heterocycles. The number of phosphoric acid groups is 1. The van der Waals surface area contributed by atoms with E-state index in [-0.39, 0.29) is 12.5 Å². The highest BCUT2D eigenvalue weighted by Crippen LogP contribution is 2.38. The Labute approximate surface area is 383 Å². The lowest BCUT2D eigenvalue weighted by Crippen LogP contribution is -2.45. The summed E-state index contributed by atoms with van der Waals surface area (Å²) >= 11 is 0. The quantitative estimate of drug-likeness (QED) is 0.0273. The number of unbranched alkanes of at least 4 members (excludes halogenated alkanes) is 22. The van der Waals surface area contributed by atoms with Gasteiger partial charge < -0.3 is 28.8 Å². The first kappa shape index (κ1) is 59.9. The molecule has 360 valence electrons. The number of allylic oxidation sites excluding steroid dienone is 11. The van der Waals surface area contributed by atoms with Crippen LogP contribution in [0.1, 0.15) is 206 Å². The van der Waals surface area contributed by atoms with Crippen LogP contribution in [0, 0.1) is 0 Å². The number of carbonyl (C=O) groups is 1. The molecule has 1 amide bonds. The first-order valence-electron chi connectivity index (χ1n) is 25.3. The predicted molar refractivity (Wildman–Crippen MR) is 265 cm³/mol. The third-order valence-electron chi connectivity index (χ3n) is 10.9. The third kappa shape index (κ3) is 45.9. The zero-order chi connectivity index (χ0) is 45.7. The van der Waals surface area contributed by atoms with Gasteiger partial charge in [-0.1, -0.05) is 189 Å². The second-order valence-corrected chi connectivity index (χ2v) is 19.6. The fourth-order valence-electron chi connectivity index (χ4n) is 6.84. The van der Waals surface area contributed by atoms with Gasteiger partial charge in [-0.15, -0.1) is 0 Å². The van der Waals surface area contributed by atoms with Crippen molar-refractivity contribution in [3.63, 3.8) is 0 Å². The van der Waals surface area contributed by atoms with Crippen molar-refractivity contribution in [2.75, 3.05) is 40.9 Å². The number of hydrogen-bond donors (Lipinski definition) is 2. The van der Waals surface area contributed by atoms with Gasteiger partial charge in [0.05, 0.1) is 39.9 Å². The fourth-order valence-corrected chi connectivity index (χ4v) is 7.56. The average molecular weight is 889 g/mol. The lowest BCUT2D eigenvalue weighted by molar-refractivity contribution is -0.870. The second-order valence-electron chi connectivity index (χ2n) is 18.1. The highest BCUT2D eigenvalue weighted by molar-refractivity contribution is 7.45. The Morgan fingerprint density at radius 1 is 0.565 bits per heavy atom. The van der Waals surface area contributed by atoms with Crippen molar-refractivity contribution in [1.29, 1.82) is 0 Å². The second kappa shape index (κ2) is 44.2.